The summed E-state index contributed by atoms with van der Waals surface area (Å²) < 4.78 is 4.58. The van der Waals surface area contributed by atoms with Crippen LogP contribution >= 0.6 is 0 Å². The van der Waals surface area contributed by atoms with Crippen molar-refractivity contribution in [1.82, 2.24) is 5.32 Å². The van der Waals surface area contributed by atoms with Gasteiger partial charge in [0.1, 0.15) is 0 Å². The highest BCUT2D eigenvalue weighted by atomic mass is 16.5. The minimum Gasteiger partial charge on any atom is -0.469 e. The zero-order chi connectivity index (χ0) is 19.9. The van der Waals surface area contributed by atoms with Gasteiger partial charge in [-0.1, -0.05) is 39.5 Å². The van der Waals surface area contributed by atoms with E-state index in [1.54, 1.807) is 0 Å². The highest BCUT2D eigenvalue weighted by Gasteiger charge is 2.24. The third-order valence-electron chi connectivity index (χ3n) is 4.26. The number of hydrogen-bond donors (Lipinski definition) is 2. The molecule has 0 aromatic carbocycles. The highest BCUT2D eigenvalue weighted by Crippen LogP contribution is 2.14. The Kier molecular flexibility index (Phi) is 13.2. The molecule has 0 saturated heterocycles. The Morgan fingerprint density at radius 2 is 1.65 bits per heavy atom. The predicted molar refractivity (Wildman–Crippen MR) is 99.2 cm³/mol. The number of amides is 2. The summed E-state index contributed by atoms with van der Waals surface area (Å²) in [6, 6.07) is -0.892. The summed E-state index contributed by atoms with van der Waals surface area (Å²) in [7, 11) is 1.32. The van der Waals surface area contributed by atoms with Gasteiger partial charge in [0.05, 0.1) is 19.6 Å². The number of hydrogen-bond acceptors (Lipinski definition) is 5. The van der Waals surface area contributed by atoms with Crippen molar-refractivity contribution >= 4 is 23.6 Å². The normalized spacial score (nSPS) is 12.9. The molecule has 2 atom stereocenters. The number of carbonyl (C=O) groups is 4. The van der Waals surface area contributed by atoms with E-state index in [2.05, 4.69) is 17.0 Å². The lowest BCUT2D eigenvalue weighted by Gasteiger charge is -2.18. The molecule has 0 aliphatic carbocycles. The van der Waals surface area contributed by atoms with Crippen LogP contribution in [0.5, 0.6) is 0 Å². The van der Waals surface area contributed by atoms with Crippen molar-refractivity contribution in [2.75, 3.05) is 7.11 Å². The number of esters is 1. The van der Waals surface area contributed by atoms with E-state index in [4.69, 9.17) is 5.73 Å². The van der Waals surface area contributed by atoms with Crippen LogP contribution in [0.1, 0.15) is 78.1 Å². The summed E-state index contributed by atoms with van der Waals surface area (Å²) in [5.74, 6) is -1.48. The Hall–Kier alpha value is -1.92. The molecule has 26 heavy (non-hydrogen) atoms. The molecule has 0 fully saturated rings. The van der Waals surface area contributed by atoms with Crippen LogP contribution < -0.4 is 11.1 Å². The first-order valence-electron chi connectivity index (χ1n) is 9.47. The Bertz CT molecular complexity index is 465. The van der Waals surface area contributed by atoms with Crippen LogP contribution in [0.4, 0.5) is 0 Å². The topological polar surface area (TPSA) is 116 Å². The summed E-state index contributed by atoms with van der Waals surface area (Å²) in [6.07, 6.45) is 6.15. The zero-order valence-corrected chi connectivity index (χ0v) is 16.3. The molecule has 3 N–H and O–H groups in total. The molecule has 0 spiro atoms. The second-order valence-electron chi connectivity index (χ2n) is 6.85. The fourth-order valence-electron chi connectivity index (χ4n) is 2.66. The predicted octanol–water partition coefficient (Wildman–Crippen LogP) is 2.26. The van der Waals surface area contributed by atoms with Gasteiger partial charge in [-0.05, 0) is 18.8 Å². The molecule has 0 saturated carbocycles. The number of rotatable bonds is 15. The van der Waals surface area contributed by atoms with E-state index >= 15 is 0 Å². The van der Waals surface area contributed by atoms with E-state index < -0.39 is 11.9 Å². The minimum absolute atomic E-state index is 0.0528. The third-order valence-corrected chi connectivity index (χ3v) is 4.26. The van der Waals surface area contributed by atoms with Crippen LogP contribution in [0.25, 0.3) is 0 Å². The van der Waals surface area contributed by atoms with Crippen LogP contribution in [-0.4, -0.2) is 36.7 Å². The van der Waals surface area contributed by atoms with Crippen molar-refractivity contribution in [1.29, 1.82) is 0 Å². The Morgan fingerprint density at radius 3 is 2.23 bits per heavy atom. The SMILES string of the molecule is CCCCCCCC(=O)N[C@H](CC(N)=O)C(=O)C[C@@H](C)CCC(=O)OC. The number of ketones is 1. The standard InChI is InChI=1S/C19H34N2O5/c1-4-5-6-7-8-9-18(24)21-15(13-17(20)23)16(22)12-14(2)10-11-19(25)26-3/h14-15H,4-13H2,1-3H3,(H2,20,23)(H,21,24)/t14-,15+/m0/s1. The van der Waals surface area contributed by atoms with E-state index in [0.29, 0.717) is 12.8 Å². The smallest absolute Gasteiger partial charge is 0.305 e. The first kappa shape index (κ1) is 24.1. The number of unbranched alkanes of at least 4 members (excludes halogenated alkanes) is 4. The number of ether oxygens (including phenoxy) is 1. The Labute approximate surface area is 156 Å². The van der Waals surface area contributed by atoms with Crippen molar-refractivity contribution in [3.63, 3.8) is 0 Å². The van der Waals surface area contributed by atoms with Gasteiger partial charge in [0.25, 0.3) is 0 Å². The summed E-state index contributed by atoms with van der Waals surface area (Å²) in [5, 5.41) is 2.64. The van der Waals surface area contributed by atoms with Crippen LogP contribution in [0.3, 0.4) is 0 Å². The number of nitrogens with two attached hydrogens (primary N) is 1. The highest BCUT2D eigenvalue weighted by molar-refractivity contribution is 5.92. The maximum absolute atomic E-state index is 12.4. The Morgan fingerprint density at radius 1 is 1.00 bits per heavy atom. The average Bonchev–Trinajstić information content (AvgIpc) is 2.58. The number of carbonyl (C=O) groups excluding carboxylic acids is 4. The van der Waals surface area contributed by atoms with E-state index in [0.717, 1.165) is 32.1 Å². The molecule has 0 aromatic rings. The molecule has 0 aliphatic heterocycles. The molecule has 0 heterocycles. The molecule has 0 aliphatic rings. The minimum atomic E-state index is -0.892. The van der Waals surface area contributed by atoms with Gasteiger partial charge < -0.3 is 15.8 Å². The van der Waals surface area contributed by atoms with E-state index in [-0.39, 0.29) is 42.8 Å². The van der Waals surface area contributed by atoms with Crippen molar-refractivity contribution in [3.05, 3.63) is 0 Å². The molecular formula is C19H34N2O5. The lowest BCUT2D eigenvalue weighted by molar-refractivity contribution is -0.141. The molecule has 7 heteroatoms. The van der Waals surface area contributed by atoms with Crippen molar-refractivity contribution < 1.29 is 23.9 Å². The average molecular weight is 370 g/mol. The molecule has 0 radical (unpaired) electrons. The third kappa shape index (κ3) is 12.4. The van der Waals surface area contributed by atoms with Gasteiger partial charge >= 0.3 is 5.97 Å². The fraction of sp³-hybridized carbons (Fsp3) is 0.789. The number of Topliss-reactive ketones (excluding diaryl/α,β-unsaturated/α-hetero) is 1. The molecule has 0 unspecified atom stereocenters. The molecule has 0 aromatic heterocycles. The molecule has 2 amide bonds. The van der Waals surface area contributed by atoms with Gasteiger partial charge in [0.2, 0.25) is 11.8 Å². The van der Waals surface area contributed by atoms with Gasteiger partial charge in [-0.25, -0.2) is 0 Å². The molecule has 0 rings (SSSR count). The van der Waals surface area contributed by atoms with Crippen LogP contribution in [0.15, 0.2) is 0 Å². The summed E-state index contributed by atoms with van der Waals surface area (Å²) in [5.41, 5.74) is 5.21. The van der Waals surface area contributed by atoms with Crippen LogP contribution in [-0.2, 0) is 23.9 Å². The van der Waals surface area contributed by atoms with Gasteiger partial charge in [-0.15, -0.1) is 0 Å². The maximum atomic E-state index is 12.4. The molecule has 0 bridgehead atoms. The van der Waals surface area contributed by atoms with Gasteiger partial charge in [-0.3, -0.25) is 19.2 Å². The second kappa shape index (κ2) is 14.3. The maximum Gasteiger partial charge on any atom is 0.305 e. The van der Waals surface area contributed by atoms with E-state index in [1.807, 2.05) is 6.92 Å². The summed E-state index contributed by atoms with van der Waals surface area (Å²) in [6.45, 7) is 3.97. The second-order valence-corrected chi connectivity index (χ2v) is 6.85. The van der Waals surface area contributed by atoms with Gasteiger partial charge in [0.15, 0.2) is 5.78 Å². The van der Waals surface area contributed by atoms with Gasteiger partial charge in [-0.2, -0.15) is 0 Å². The first-order chi connectivity index (χ1) is 12.3. The summed E-state index contributed by atoms with van der Waals surface area (Å²) >= 11 is 0. The van der Waals surface area contributed by atoms with Crippen molar-refractivity contribution in [3.8, 4) is 0 Å². The van der Waals surface area contributed by atoms with E-state index in [9.17, 15) is 19.2 Å². The van der Waals surface area contributed by atoms with Gasteiger partial charge in [0, 0.05) is 19.3 Å². The lowest BCUT2D eigenvalue weighted by atomic mass is 9.94. The van der Waals surface area contributed by atoms with Crippen LogP contribution in [0.2, 0.25) is 0 Å². The molecule has 7 nitrogen and oxygen atoms in total. The van der Waals surface area contributed by atoms with Crippen molar-refractivity contribution in [2.45, 2.75) is 84.1 Å². The Balaban J connectivity index is 4.43. The number of primary amides is 1. The monoisotopic (exact) mass is 370 g/mol. The molecular weight excluding hydrogens is 336 g/mol. The fourth-order valence-corrected chi connectivity index (χ4v) is 2.66. The summed E-state index contributed by atoms with van der Waals surface area (Å²) in [4.78, 5) is 46.8. The largest absolute Gasteiger partial charge is 0.469 e. The molecule has 150 valence electrons. The quantitative estimate of drug-likeness (QED) is 0.339. The van der Waals surface area contributed by atoms with Crippen molar-refractivity contribution in [2.24, 2.45) is 11.7 Å². The first-order valence-corrected chi connectivity index (χ1v) is 9.47. The lowest BCUT2D eigenvalue weighted by Crippen LogP contribution is -2.43. The number of nitrogens with one attached hydrogen (secondary N) is 1. The van der Waals surface area contributed by atoms with E-state index in [1.165, 1.54) is 7.11 Å². The zero-order valence-electron chi connectivity index (χ0n) is 16.3. The number of methoxy groups -OCH3 is 1. The van der Waals surface area contributed by atoms with Crippen LogP contribution in [0, 0.1) is 5.92 Å².